The van der Waals surface area contributed by atoms with Crippen molar-refractivity contribution in [2.75, 3.05) is 30.2 Å². The molecular weight excluding hydrogens is 381 g/mol. The Labute approximate surface area is 155 Å². The Hall–Kier alpha value is -2.33. The maximum Gasteiger partial charge on any atom is 0.268 e. The lowest BCUT2D eigenvalue weighted by Crippen LogP contribution is -2.25. The highest BCUT2D eigenvalue weighted by molar-refractivity contribution is 7.92. The highest BCUT2D eigenvalue weighted by Crippen LogP contribution is 2.30. The molecule has 0 unspecified atom stereocenters. The number of anilines is 2. The number of likely N-dealkylation sites (tertiary alicyclic amines) is 1. The van der Waals surface area contributed by atoms with Crippen molar-refractivity contribution in [2.24, 2.45) is 0 Å². The van der Waals surface area contributed by atoms with Crippen LogP contribution in [0.3, 0.4) is 0 Å². The second kappa shape index (κ2) is 7.35. The molecule has 3 rings (SSSR count). The zero-order valence-corrected chi connectivity index (χ0v) is 15.6. The number of halogens is 3. The number of nitrogens with one attached hydrogen (secondary N) is 2. The summed E-state index contributed by atoms with van der Waals surface area (Å²) in [4.78, 5) is 4.29. The lowest BCUT2D eigenvalue weighted by molar-refractivity contribution is 0.414. The summed E-state index contributed by atoms with van der Waals surface area (Å²) in [6.07, 6.45) is 0.812. The minimum absolute atomic E-state index is 0.0153. The van der Waals surface area contributed by atoms with Crippen molar-refractivity contribution in [1.29, 1.82) is 0 Å². The average molecular weight is 400 g/mol. The second-order valence-corrected chi connectivity index (χ2v) is 8.14. The van der Waals surface area contributed by atoms with Gasteiger partial charge in [-0.05, 0) is 45.1 Å². The fourth-order valence-electron chi connectivity index (χ4n) is 3.02. The Kier molecular flexibility index (Phi) is 5.29. The summed E-state index contributed by atoms with van der Waals surface area (Å²) in [6.45, 7) is 2.95. The molecule has 2 heterocycles. The molecule has 6 nitrogen and oxygen atoms in total. The van der Waals surface area contributed by atoms with Gasteiger partial charge in [0.25, 0.3) is 10.0 Å². The molecule has 1 saturated heterocycles. The van der Waals surface area contributed by atoms with E-state index >= 15 is 0 Å². The standard InChI is InChI=1S/C17H19F3N4O2S/c1-10-13(21-11-6-7-24(2)9-11)8-12(18)17(16(10)20)27(25,26)23-15-5-3-4-14(19)22-15/h3-5,8,11,21H,6-7,9H2,1-2H3,(H,22,23)/t11-/m0/s1. The molecule has 0 saturated carbocycles. The minimum Gasteiger partial charge on any atom is -0.381 e. The molecule has 27 heavy (non-hydrogen) atoms. The van der Waals surface area contributed by atoms with E-state index in [9.17, 15) is 21.6 Å². The molecule has 1 fully saturated rings. The predicted octanol–water partition coefficient (Wildman–Crippen LogP) is 2.72. The molecule has 0 radical (unpaired) electrons. The van der Waals surface area contributed by atoms with E-state index in [2.05, 4.69) is 15.2 Å². The summed E-state index contributed by atoms with van der Waals surface area (Å²) >= 11 is 0. The van der Waals surface area contributed by atoms with Crippen LogP contribution in [0.5, 0.6) is 0 Å². The van der Waals surface area contributed by atoms with Crippen LogP contribution in [0.2, 0.25) is 0 Å². The van der Waals surface area contributed by atoms with Crippen LogP contribution in [0, 0.1) is 24.5 Å². The number of benzene rings is 1. The first kappa shape index (κ1) is 19.4. The Morgan fingerprint density at radius 3 is 2.63 bits per heavy atom. The summed E-state index contributed by atoms with van der Waals surface area (Å²) in [5.74, 6) is -3.74. The van der Waals surface area contributed by atoms with Crippen LogP contribution < -0.4 is 10.0 Å². The highest BCUT2D eigenvalue weighted by Gasteiger charge is 2.29. The Morgan fingerprint density at radius 1 is 1.26 bits per heavy atom. The van der Waals surface area contributed by atoms with E-state index in [0.29, 0.717) is 0 Å². The van der Waals surface area contributed by atoms with Crippen molar-refractivity contribution in [3.05, 3.63) is 47.4 Å². The summed E-state index contributed by atoms with van der Waals surface area (Å²) in [5.41, 5.74) is 0.187. The summed E-state index contributed by atoms with van der Waals surface area (Å²) in [7, 11) is -2.69. The largest absolute Gasteiger partial charge is 0.381 e. The number of pyridine rings is 1. The van der Waals surface area contributed by atoms with E-state index < -0.39 is 32.5 Å². The molecule has 1 aromatic heterocycles. The quantitative estimate of drug-likeness (QED) is 0.755. The number of likely N-dealkylation sites (N-methyl/N-ethyl adjacent to an activating group) is 1. The van der Waals surface area contributed by atoms with Gasteiger partial charge in [0.2, 0.25) is 5.95 Å². The molecule has 0 aliphatic carbocycles. The average Bonchev–Trinajstić information content (AvgIpc) is 2.96. The minimum atomic E-state index is -4.63. The SMILES string of the molecule is Cc1c(N[C@H]2CCN(C)C2)cc(F)c(S(=O)(=O)Nc2cccc(F)n2)c1F. The maximum atomic E-state index is 14.7. The van der Waals surface area contributed by atoms with Crippen molar-refractivity contribution in [2.45, 2.75) is 24.3 Å². The van der Waals surface area contributed by atoms with Crippen molar-refractivity contribution < 1.29 is 21.6 Å². The van der Waals surface area contributed by atoms with Gasteiger partial charge in [-0.2, -0.15) is 4.39 Å². The highest BCUT2D eigenvalue weighted by atomic mass is 32.2. The topological polar surface area (TPSA) is 74.3 Å². The van der Waals surface area contributed by atoms with E-state index in [-0.39, 0.29) is 23.1 Å². The van der Waals surface area contributed by atoms with Crippen LogP contribution in [-0.4, -0.2) is 44.5 Å². The van der Waals surface area contributed by atoms with Gasteiger partial charge in [-0.25, -0.2) is 22.2 Å². The van der Waals surface area contributed by atoms with Gasteiger partial charge >= 0.3 is 0 Å². The number of hydrogen-bond acceptors (Lipinski definition) is 5. The van der Waals surface area contributed by atoms with Crippen LogP contribution in [0.1, 0.15) is 12.0 Å². The molecule has 146 valence electrons. The smallest absolute Gasteiger partial charge is 0.268 e. The number of sulfonamides is 1. The van der Waals surface area contributed by atoms with Crippen molar-refractivity contribution in [3.63, 3.8) is 0 Å². The molecule has 1 aliphatic heterocycles. The van der Waals surface area contributed by atoms with Crippen LogP contribution >= 0.6 is 0 Å². The number of rotatable bonds is 5. The van der Waals surface area contributed by atoms with Crippen molar-refractivity contribution in [3.8, 4) is 0 Å². The fourth-order valence-corrected chi connectivity index (χ4v) is 4.21. The lowest BCUT2D eigenvalue weighted by atomic mass is 10.1. The van der Waals surface area contributed by atoms with Gasteiger partial charge in [-0.1, -0.05) is 6.07 Å². The lowest BCUT2D eigenvalue weighted by Gasteiger charge is -2.18. The third-order valence-corrected chi connectivity index (χ3v) is 5.78. The fraction of sp³-hybridized carbons (Fsp3) is 0.353. The van der Waals surface area contributed by atoms with E-state index in [4.69, 9.17) is 0 Å². The molecule has 0 amide bonds. The molecule has 1 atom stereocenters. The molecule has 0 spiro atoms. The first-order chi connectivity index (χ1) is 12.7. The third kappa shape index (κ3) is 4.16. The molecule has 10 heteroatoms. The van der Waals surface area contributed by atoms with Gasteiger partial charge in [0.15, 0.2) is 10.7 Å². The summed E-state index contributed by atoms with van der Waals surface area (Å²) in [6, 6.07) is 4.40. The first-order valence-electron chi connectivity index (χ1n) is 8.26. The van der Waals surface area contributed by atoms with Crippen LogP contribution in [0.4, 0.5) is 24.7 Å². The molecule has 0 bridgehead atoms. The molecule has 2 aromatic rings. The van der Waals surface area contributed by atoms with E-state index in [0.717, 1.165) is 31.6 Å². The van der Waals surface area contributed by atoms with Crippen molar-refractivity contribution >= 4 is 21.5 Å². The number of nitrogens with zero attached hydrogens (tertiary/aromatic N) is 2. The van der Waals surface area contributed by atoms with Gasteiger partial charge in [-0.3, -0.25) is 4.72 Å². The van der Waals surface area contributed by atoms with E-state index in [1.54, 1.807) is 0 Å². The van der Waals surface area contributed by atoms with Gasteiger partial charge in [0, 0.05) is 23.8 Å². The Morgan fingerprint density at radius 2 is 2.00 bits per heavy atom. The summed E-state index contributed by atoms with van der Waals surface area (Å²) in [5, 5.41) is 3.06. The van der Waals surface area contributed by atoms with Gasteiger partial charge in [-0.15, -0.1) is 0 Å². The normalized spacial score (nSPS) is 17.9. The second-order valence-electron chi connectivity index (χ2n) is 6.52. The Bertz CT molecular complexity index is 969. The van der Waals surface area contributed by atoms with Gasteiger partial charge < -0.3 is 10.2 Å². The van der Waals surface area contributed by atoms with Gasteiger partial charge in [0.05, 0.1) is 0 Å². The third-order valence-electron chi connectivity index (χ3n) is 4.39. The summed E-state index contributed by atoms with van der Waals surface area (Å²) < 4.78 is 69.1. The first-order valence-corrected chi connectivity index (χ1v) is 9.75. The van der Waals surface area contributed by atoms with E-state index in [1.807, 2.05) is 11.8 Å². The Balaban J connectivity index is 1.92. The molecular formula is C17H19F3N4O2S. The zero-order chi connectivity index (χ0) is 19.8. The maximum absolute atomic E-state index is 14.7. The van der Waals surface area contributed by atoms with Crippen LogP contribution in [-0.2, 0) is 10.0 Å². The molecule has 1 aliphatic rings. The van der Waals surface area contributed by atoms with Gasteiger partial charge in [0.1, 0.15) is 11.6 Å². The number of hydrogen-bond donors (Lipinski definition) is 2. The monoisotopic (exact) mass is 400 g/mol. The number of aromatic nitrogens is 1. The molecule has 1 aromatic carbocycles. The zero-order valence-electron chi connectivity index (χ0n) is 14.8. The van der Waals surface area contributed by atoms with Crippen LogP contribution in [0.25, 0.3) is 0 Å². The predicted molar refractivity (Wildman–Crippen MR) is 95.6 cm³/mol. The molecule has 2 N–H and O–H groups in total. The van der Waals surface area contributed by atoms with Crippen LogP contribution in [0.15, 0.2) is 29.2 Å². The van der Waals surface area contributed by atoms with Crippen molar-refractivity contribution in [1.82, 2.24) is 9.88 Å². The van der Waals surface area contributed by atoms with E-state index in [1.165, 1.54) is 19.1 Å².